The molecule has 126 valence electrons. The van der Waals surface area contributed by atoms with Gasteiger partial charge in [-0.15, -0.1) is 0 Å². The third kappa shape index (κ3) is 4.38. The van der Waals surface area contributed by atoms with Gasteiger partial charge in [0.25, 0.3) is 0 Å². The molecule has 3 heteroatoms. The average Bonchev–Trinajstić information content (AvgIpc) is 2.52. The van der Waals surface area contributed by atoms with E-state index < -0.39 is 0 Å². The fourth-order valence-corrected chi connectivity index (χ4v) is 2.97. The highest BCUT2D eigenvalue weighted by Crippen LogP contribution is 2.27. The number of benzene rings is 2. The fourth-order valence-electron chi connectivity index (χ4n) is 2.97. The summed E-state index contributed by atoms with van der Waals surface area (Å²) in [4.78, 5) is 11.5. The van der Waals surface area contributed by atoms with Crippen LogP contribution in [0.2, 0.25) is 0 Å². The summed E-state index contributed by atoms with van der Waals surface area (Å²) in [5.74, 6) is 0.865. The lowest BCUT2D eigenvalue weighted by Crippen LogP contribution is -2.18. The molecule has 3 rings (SSSR count). The van der Waals surface area contributed by atoms with E-state index in [0.717, 1.165) is 29.8 Å². The number of amides is 1. The molecule has 0 atom stereocenters. The van der Waals surface area contributed by atoms with Crippen LogP contribution in [0.1, 0.15) is 43.9 Å². The van der Waals surface area contributed by atoms with E-state index in [9.17, 15) is 4.79 Å². The minimum absolute atomic E-state index is 0.0779. The molecule has 1 aliphatic heterocycles. The molecule has 1 amide bonds. The molecule has 2 aromatic carbocycles. The summed E-state index contributed by atoms with van der Waals surface area (Å²) in [7, 11) is 0. The normalized spacial score (nSPS) is 14.0. The van der Waals surface area contributed by atoms with Crippen molar-refractivity contribution in [1.82, 2.24) is 0 Å². The SMILES string of the molecule is CC(C)(C)Cc1ccc(COc2ccc3c(c2)NC(=O)CC3)cc1. The number of hydrogen-bond acceptors (Lipinski definition) is 2. The zero-order chi connectivity index (χ0) is 17.2. The maximum absolute atomic E-state index is 11.5. The minimum Gasteiger partial charge on any atom is -0.489 e. The Morgan fingerprint density at radius 3 is 2.42 bits per heavy atom. The zero-order valence-corrected chi connectivity index (χ0v) is 14.7. The van der Waals surface area contributed by atoms with Crippen molar-refractivity contribution in [2.75, 3.05) is 5.32 Å². The Morgan fingerprint density at radius 2 is 1.71 bits per heavy atom. The molecule has 1 heterocycles. The second-order valence-corrected chi connectivity index (χ2v) is 7.71. The Labute approximate surface area is 144 Å². The molecule has 0 saturated carbocycles. The number of fused-ring (bicyclic) bond motifs is 1. The molecule has 0 aromatic heterocycles. The van der Waals surface area contributed by atoms with Crippen LogP contribution in [-0.4, -0.2) is 5.91 Å². The summed E-state index contributed by atoms with van der Waals surface area (Å²) < 4.78 is 5.88. The number of carbonyl (C=O) groups excluding carboxylic acids is 1. The van der Waals surface area contributed by atoms with Crippen LogP contribution in [0.3, 0.4) is 0 Å². The number of aryl methyl sites for hydroxylation is 1. The molecule has 2 aromatic rings. The third-order valence-corrected chi connectivity index (χ3v) is 4.14. The van der Waals surface area contributed by atoms with E-state index in [0.29, 0.717) is 18.4 Å². The number of anilines is 1. The highest BCUT2D eigenvalue weighted by Gasteiger charge is 2.15. The Morgan fingerprint density at radius 1 is 1.00 bits per heavy atom. The van der Waals surface area contributed by atoms with Gasteiger partial charge < -0.3 is 10.1 Å². The van der Waals surface area contributed by atoms with Gasteiger partial charge in [0.15, 0.2) is 0 Å². The summed E-state index contributed by atoms with van der Waals surface area (Å²) in [5.41, 5.74) is 4.85. The second-order valence-electron chi connectivity index (χ2n) is 7.71. The number of nitrogens with one attached hydrogen (secondary N) is 1. The van der Waals surface area contributed by atoms with E-state index in [2.05, 4.69) is 50.4 Å². The standard InChI is InChI=1S/C21H25NO2/c1-21(2,3)13-15-4-6-16(7-5-15)14-24-18-10-8-17-9-11-20(23)22-19(17)12-18/h4-8,10,12H,9,11,13-14H2,1-3H3,(H,22,23). The fraction of sp³-hybridized carbons (Fsp3) is 0.381. The molecule has 0 unspecified atom stereocenters. The molecule has 24 heavy (non-hydrogen) atoms. The predicted molar refractivity (Wildman–Crippen MR) is 97.3 cm³/mol. The Balaban J connectivity index is 1.61. The van der Waals surface area contributed by atoms with Crippen molar-refractivity contribution in [2.45, 2.75) is 46.6 Å². The van der Waals surface area contributed by atoms with Crippen LogP contribution in [0.5, 0.6) is 5.75 Å². The topological polar surface area (TPSA) is 38.3 Å². The monoisotopic (exact) mass is 323 g/mol. The first-order chi connectivity index (χ1) is 11.4. The number of hydrogen-bond donors (Lipinski definition) is 1. The van der Waals surface area contributed by atoms with Gasteiger partial charge in [0.05, 0.1) is 0 Å². The minimum atomic E-state index is 0.0779. The molecule has 3 nitrogen and oxygen atoms in total. The largest absolute Gasteiger partial charge is 0.489 e. The lowest BCUT2D eigenvalue weighted by Gasteiger charge is -2.18. The molecule has 1 N–H and O–H groups in total. The number of carbonyl (C=O) groups is 1. The van der Waals surface area contributed by atoms with E-state index in [4.69, 9.17) is 4.74 Å². The molecule has 0 spiro atoms. The Bertz CT molecular complexity index is 726. The van der Waals surface area contributed by atoms with Gasteiger partial charge in [-0.05, 0) is 41.0 Å². The van der Waals surface area contributed by atoms with Gasteiger partial charge in [-0.25, -0.2) is 0 Å². The average molecular weight is 323 g/mol. The van der Waals surface area contributed by atoms with Crippen molar-refractivity contribution in [3.8, 4) is 5.75 Å². The lowest BCUT2D eigenvalue weighted by molar-refractivity contribution is -0.116. The summed E-state index contributed by atoms with van der Waals surface area (Å²) >= 11 is 0. The summed E-state index contributed by atoms with van der Waals surface area (Å²) in [6.07, 6.45) is 2.43. The van der Waals surface area contributed by atoms with Crippen molar-refractivity contribution >= 4 is 11.6 Å². The van der Waals surface area contributed by atoms with Gasteiger partial charge in [0.2, 0.25) is 5.91 Å². The first-order valence-electron chi connectivity index (χ1n) is 8.52. The van der Waals surface area contributed by atoms with Gasteiger partial charge in [-0.3, -0.25) is 4.79 Å². The first kappa shape index (κ1) is 16.6. The van der Waals surface area contributed by atoms with Crippen LogP contribution in [0, 0.1) is 5.41 Å². The maximum atomic E-state index is 11.5. The molecule has 0 saturated heterocycles. The van der Waals surface area contributed by atoms with Crippen molar-refractivity contribution in [3.63, 3.8) is 0 Å². The smallest absolute Gasteiger partial charge is 0.224 e. The van der Waals surface area contributed by atoms with Crippen LogP contribution in [0.25, 0.3) is 0 Å². The lowest BCUT2D eigenvalue weighted by atomic mass is 9.88. The molecule has 0 fully saturated rings. The van der Waals surface area contributed by atoms with E-state index in [1.807, 2.05) is 18.2 Å². The van der Waals surface area contributed by atoms with Gasteiger partial charge in [0.1, 0.15) is 12.4 Å². The van der Waals surface area contributed by atoms with Gasteiger partial charge in [0, 0.05) is 18.2 Å². The quantitative estimate of drug-likeness (QED) is 0.882. The predicted octanol–water partition coefficient (Wildman–Crippen LogP) is 4.74. The van der Waals surface area contributed by atoms with E-state index in [1.54, 1.807) is 0 Å². The number of ether oxygens (including phenoxy) is 1. The van der Waals surface area contributed by atoms with E-state index in [-0.39, 0.29) is 5.91 Å². The molecule has 0 radical (unpaired) electrons. The molecule has 1 aliphatic rings. The van der Waals surface area contributed by atoms with E-state index >= 15 is 0 Å². The van der Waals surface area contributed by atoms with Crippen LogP contribution in [0.15, 0.2) is 42.5 Å². The van der Waals surface area contributed by atoms with Gasteiger partial charge >= 0.3 is 0 Å². The molecular weight excluding hydrogens is 298 g/mol. The highest BCUT2D eigenvalue weighted by molar-refractivity contribution is 5.94. The van der Waals surface area contributed by atoms with Crippen LogP contribution < -0.4 is 10.1 Å². The van der Waals surface area contributed by atoms with E-state index in [1.165, 1.54) is 11.1 Å². The Hall–Kier alpha value is -2.29. The molecule has 0 bridgehead atoms. The number of rotatable bonds is 4. The third-order valence-electron chi connectivity index (χ3n) is 4.14. The summed E-state index contributed by atoms with van der Waals surface area (Å²) in [6, 6.07) is 14.5. The van der Waals surface area contributed by atoms with Crippen molar-refractivity contribution < 1.29 is 9.53 Å². The van der Waals surface area contributed by atoms with Crippen LogP contribution >= 0.6 is 0 Å². The van der Waals surface area contributed by atoms with Gasteiger partial charge in [-0.2, -0.15) is 0 Å². The summed E-state index contributed by atoms with van der Waals surface area (Å²) in [6.45, 7) is 7.28. The van der Waals surface area contributed by atoms with Crippen molar-refractivity contribution in [3.05, 3.63) is 59.2 Å². The highest BCUT2D eigenvalue weighted by atomic mass is 16.5. The first-order valence-corrected chi connectivity index (χ1v) is 8.52. The zero-order valence-electron chi connectivity index (χ0n) is 14.7. The van der Waals surface area contributed by atoms with Crippen molar-refractivity contribution in [2.24, 2.45) is 5.41 Å². The van der Waals surface area contributed by atoms with Gasteiger partial charge in [-0.1, -0.05) is 51.1 Å². The van der Waals surface area contributed by atoms with Crippen LogP contribution in [-0.2, 0) is 24.2 Å². The second kappa shape index (κ2) is 6.68. The Kier molecular flexibility index (Phi) is 4.61. The molecular formula is C21H25NO2. The summed E-state index contributed by atoms with van der Waals surface area (Å²) in [5, 5.41) is 2.91. The van der Waals surface area contributed by atoms with Crippen LogP contribution in [0.4, 0.5) is 5.69 Å². The molecule has 0 aliphatic carbocycles. The maximum Gasteiger partial charge on any atom is 0.224 e. The van der Waals surface area contributed by atoms with Crippen molar-refractivity contribution in [1.29, 1.82) is 0 Å².